The molecule has 1 radical (unpaired) electrons. The second-order valence-corrected chi connectivity index (χ2v) is 18.5. The van der Waals surface area contributed by atoms with Gasteiger partial charge in [-0.05, 0) is 39.3 Å². The van der Waals surface area contributed by atoms with Crippen LogP contribution in [0.1, 0.15) is 26.7 Å². The number of fused-ring (bicyclic) bond motifs is 5. The Hall–Kier alpha value is -2.99. The molecule has 0 bridgehead atoms. The first-order valence-corrected chi connectivity index (χ1v) is 18.9. The van der Waals surface area contributed by atoms with E-state index in [1.54, 1.807) is 6.20 Å². The van der Waals surface area contributed by atoms with Crippen molar-refractivity contribution in [3.63, 3.8) is 0 Å². The van der Waals surface area contributed by atoms with Crippen molar-refractivity contribution in [2.45, 2.75) is 39.4 Å². The average Bonchev–Trinajstić information content (AvgIpc) is 3.54. The van der Waals surface area contributed by atoms with Gasteiger partial charge in [0, 0.05) is 53.4 Å². The SMILES string of the molecule is C[Si](C)(C)c1ccc(-c2[c-]cccc2)nc1.[2H]C(C)(C)c1ccnc(-c2[c-]ccc3c2sc2c4ccccc4sc32)c1.[Ir]. The summed E-state index contributed by atoms with van der Waals surface area (Å²) in [7, 11) is -1.23. The average molecular weight is 778 g/mol. The fourth-order valence-corrected chi connectivity index (χ4v) is 8.57. The monoisotopic (exact) mass is 778 g/mol. The zero-order valence-electron chi connectivity index (χ0n) is 25.3. The molecule has 0 spiro atoms. The summed E-state index contributed by atoms with van der Waals surface area (Å²) in [4.78, 5) is 9.10. The first-order valence-electron chi connectivity index (χ1n) is 14.2. The molecule has 2 nitrogen and oxygen atoms in total. The summed E-state index contributed by atoms with van der Waals surface area (Å²) in [5, 5.41) is 4.00. The Morgan fingerprint density at radius 2 is 1.55 bits per heavy atom. The minimum Gasteiger partial charge on any atom is -0.305 e. The van der Waals surface area contributed by atoms with E-state index in [0.717, 1.165) is 28.1 Å². The first-order chi connectivity index (χ1) is 20.1. The Balaban J connectivity index is 0.000000188. The fourth-order valence-electron chi connectivity index (χ4n) is 4.79. The van der Waals surface area contributed by atoms with Crippen molar-refractivity contribution >= 4 is 65.5 Å². The van der Waals surface area contributed by atoms with Gasteiger partial charge < -0.3 is 9.97 Å². The molecule has 42 heavy (non-hydrogen) atoms. The maximum absolute atomic E-state index is 8.31. The van der Waals surface area contributed by atoms with Crippen LogP contribution in [0.15, 0.2) is 97.3 Å². The van der Waals surface area contributed by atoms with Crippen molar-refractivity contribution in [1.29, 1.82) is 0 Å². The van der Waals surface area contributed by atoms with E-state index < -0.39 is 14.0 Å². The van der Waals surface area contributed by atoms with Gasteiger partial charge >= 0.3 is 0 Å². The second-order valence-electron chi connectivity index (χ2n) is 11.3. The third kappa shape index (κ3) is 6.19. The number of nitrogens with zero attached hydrogens (tertiary/aromatic N) is 2. The first kappa shape index (κ1) is 29.1. The molecule has 213 valence electrons. The van der Waals surface area contributed by atoms with Gasteiger partial charge in [0.15, 0.2) is 0 Å². The van der Waals surface area contributed by atoms with Gasteiger partial charge in [-0.25, -0.2) is 0 Å². The number of aromatic nitrogens is 2. The van der Waals surface area contributed by atoms with Crippen molar-refractivity contribution < 1.29 is 21.5 Å². The van der Waals surface area contributed by atoms with Crippen LogP contribution in [0.5, 0.6) is 0 Å². The Morgan fingerprint density at radius 1 is 0.762 bits per heavy atom. The van der Waals surface area contributed by atoms with Gasteiger partial charge in [0.25, 0.3) is 0 Å². The minimum atomic E-state index is -1.23. The summed E-state index contributed by atoms with van der Waals surface area (Å²) < 4.78 is 13.6. The van der Waals surface area contributed by atoms with Crippen molar-refractivity contribution in [3.05, 3.63) is 115 Å². The quantitative estimate of drug-likeness (QED) is 0.131. The van der Waals surface area contributed by atoms with Gasteiger partial charge in [-0.3, -0.25) is 0 Å². The topological polar surface area (TPSA) is 25.8 Å². The Bertz CT molecular complexity index is 2000. The smallest absolute Gasteiger partial charge is 0.0795 e. The molecule has 0 amide bonds. The molecule has 3 aromatic carbocycles. The number of thiophene rings is 2. The van der Waals surface area contributed by atoms with Gasteiger partial charge in [-0.15, -0.1) is 71.0 Å². The molecule has 6 heteroatoms. The number of rotatable bonds is 4. The van der Waals surface area contributed by atoms with Crippen LogP contribution in [0.3, 0.4) is 0 Å². The zero-order valence-corrected chi connectivity index (χ0v) is 29.3. The third-order valence-electron chi connectivity index (χ3n) is 7.16. The number of hydrogen-bond acceptors (Lipinski definition) is 4. The largest absolute Gasteiger partial charge is 0.305 e. The molecule has 0 unspecified atom stereocenters. The zero-order chi connectivity index (χ0) is 29.5. The van der Waals surface area contributed by atoms with E-state index in [4.69, 9.17) is 1.37 Å². The van der Waals surface area contributed by atoms with E-state index >= 15 is 0 Å². The predicted octanol–water partition coefficient (Wildman–Crippen LogP) is 10.3. The molecule has 0 N–H and O–H groups in total. The van der Waals surface area contributed by atoms with Gasteiger partial charge in [0.2, 0.25) is 0 Å². The molecule has 4 aromatic heterocycles. The molecule has 4 heterocycles. The predicted molar refractivity (Wildman–Crippen MR) is 182 cm³/mol. The van der Waals surface area contributed by atoms with E-state index in [2.05, 4.69) is 84.2 Å². The molecule has 0 atom stereocenters. The van der Waals surface area contributed by atoms with Crippen molar-refractivity contribution in [2.75, 3.05) is 0 Å². The van der Waals surface area contributed by atoms with Crippen molar-refractivity contribution in [3.8, 4) is 22.5 Å². The molecule has 7 rings (SSSR count). The normalized spacial score (nSPS) is 12.1. The Labute approximate surface area is 272 Å². The summed E-state index contributed by atoms with van der Waals surface area (Å²) in [6.45, 7) is 10.8. The van der Waals surface area contributed by atoms with Gasteiger partial charge in [0.05, 0.1) is 8.07 Å². The van der Waals surface area contributed by atoms with E-state index in [1.165, 1.54) is 34.8 Å². The molecule has 0 aliphatic carbocycles. The van der Waals surface area contributed by atoms with Crippen LogP contribution < -0.4 is 5.19 Å². The molecule has 0 saturated carbocycles. The second kappa shape index (κ2) is 12.7. The molecule has 0 saturated heterocycles. The van der Waals surface area contributed by atoms with Crippen LogP contribution in [0.4, 0.5) is 0 Å². The van der Waals surface area contributed by atoms with Gasteiger partial charge in [0.1, 0.15) is 0 Å². The third-order valence-corrected chi connectivity index (χ3v) is 11.8. The van der Waals surface area contributed by atoms with E-state index in [-0.39, 0.29) is 20.1 Å². The maximum atomic E-state index is 8.31. The van der Waals surface area contributed by atoms with Gasteiger partial charge in [-0.2, -0.15) is 11.3 Å². The summed E-state index contributed by atoms with van der Waals surface area (Å²) >= 11 is 3.68. The van der Waals surface area contributed by atoms with Gasteiger partial charge in [-0.1, -0.05) is 80.8 Å². The van der Waals surface area contributed by atoms with Crippen LogP contribution in [0.25, 0.3) is 52.1 Å². The number of hydrogen-bond donors (Lipinski definition) is 0. The molecular weight excluding hydrogens is 745 g/mol. The number of pyridine rings is 2. The Morgan fingerprint density at radius 3 is 2.26 bits per heavy atom. The van der Waals surface area contributed by atoms with Crippen LogP contribution in [-0.4, -0.2) is 18.0 Å². The molecular formula is C36H32IrN2S2Si-2. The summed E-state index contributed by atoms with van der Waals surface area (Å²) in [6.07, 6.45) is 3.82. The van der Waals surface area contributed by atoms with Crippen molar-refractivity contribution in [1.82, 2.24) is 9.97 Å². The molecule has 0 fully saturated rings. The summed E-state index contributed by atoms with van der Waals surface area (Å²) in [5.74, 6) is -0.641. The maximum Gasteiger partial charge on any atom is 0.0795 e. The van der Waals surface area contributed by atoms with Crippen LogP contribution in [0.2, 0.25) is 19.6 Å². The molecule has 0 aliphatic heterocycles. The van der Waals surface area contributed by atoms with Crippen LogP contribution in [0, 0.1) is 12.1 Å². The fraction of sp³-hybridized carbons (Fsp3) is 0.167. The van der Waals surface area contributed by atoms with E-state index in [9.17, 15) is 0 Å². The van der Waals surface area contributed by atoms with Crippen molar-refractivity contribution in [2.24, 2.45) is 0 Å². The standard InChI is InChI=1S/C22H16NS2.C14H16NSi.Ir/c1-13(2)14-10-11-23-18(12-14)15-7-5-8-17-20(15)25-21-16-6-3-4-9-19(16)24-22(17)21;1-16(2,3)13-9-10-14(15-11-13)12-7-5-4-6-8-12;/h3-6,8-13H,1-2H3;4-7,9-11H,1-3H3;/q2*-1;/i13D;;. The Kier molecular flexibility index (Phi) is 8.80. The molecule has 0 aliphatic rings. The number of benzene rings is 3. The van der Waals surface area contributed by atoms with E-state index in [0.29, 0.717) is 0 Å². The minimum absolute atomic E-state index is 0. The summed E-state index contributed by atoms with van der Waals surface area (Å²) in [6, 6.07) is 35.5. The van der Waals surface area contributed by atoms with Crippen LogP contribution in [-0.2, 0) is 20.1 Å². The summed E-state index contributed by atoms with van der Waals surface area (Å²) in [5.41, 5.74) is 4.96. The molecule has 7 aromatic rings. The van der Waals surface area contributed by atoms with Crippen LogP contribution >= 0.6 is 22.7 Å². The van der Waals surface area contributed by atoms with E-state index in [1.807, 2.05) is 85.2 Å².